The minimum atomic E-state index is -4.90. The molecule has 1 aromatic heterocycles. The topological polar surface area (TPSA) is 86.9 Å². The molecule has 5 rings (SSSR count). The molecule has 40 heavy (non-hydrogen) atoms. The SMILES string of the molecule is O=C(C=Cc1cccc(C(=O)Nc2ccc(F)c(C(F)(F)F)c2)c1)Nc1ccccc1-c1nc2ccccc2[nH]1. The highest BCUT2D eigenvalue weighted by molar-refractivity contribution is 6.06. The maximum absolute atomic E-state index is 13.5. The number of anilines is 2. The first-order valence-corrected chi connectivity index (χ1v) is 12.0. The molecule has 0 aliphatic heterocycles. The number of carbonyl (C=O) groups is 2. The van der Waals surface area contributed by atoms with Crippen molar-refractivity contribution in [2.24, 2.45) is 0 Å². The summed E-state index contributed by atoms with van der Waals surface area (Å²) in [6.07, 6.45) is -2.11. The molecule has 0 aliphatic rings. The van der Waals surface area contributed by atoms with Crippen LogP contribution in [-0.4, -0.2) is 21.8 Å². The average Bonchev–Trinajstić information content (AvgIpc) is 3.37. The maximum Gasteiger partial charge on any atom is 0.419 e. The molecule has 0 bridgehead atoms. The summed E-state index contributed by atoms with van der Waals surface area (Å²) in [5, 5.41) is 5.16. The van der Waals surface area contributed by atoms with Crippen molar-refractivity contribution >= 4 is 40.3 Å². The van der Waals surface area contributed by atoms with Gasteiger partial charge in [-0.15, -0.1) is 0 Å². The second-order valence-electron chi connectivity index (χ2n) is 8.74. The minimum absolute atomic E-state index is 0.135. The average molecular weight is 545 g/mol. The lowest BCUT2D eigenvalue weighted by Crippen LogP contribution is -2.14. The summed E-state index contributed by atoms with van der Waals surface area (Å²) in [5.74, 6) is -1.96. The van der Waals surface area contributed by atoms with Gasteiger partial charge in [0, 0.05) is 22.9 Å². The highest BCUT2D eigenvalue weighted by atomic mass is 19.4. The summed E-state index contributed by atoms with van der Waals surface area (Å²) in [7, 11) is 0. The molecular weight excluding hydrogens is 524 g/mol. The molecule has 1 heterocycles. The third-order valence-corrected chi connectivity index (χ3v) is 5.94. The van der Waals surface area contributed by atoms with Crippen LogP contribution in [0.3, 0.4) is 0 Å². The Labute approximate surface area is 225 Å². The van der Waals surface area contributed by atoms with Crippen LogP contribution in [0.4, 0.5) is 28.9 Å². The molecule has 0 aliphatic carbocycles. The number of hydrogen-bond donors (Lipinski definition) is 3. The Morgan fingerprint density at radius 1 is 0.850 bits per heavy atom. The lowest BCUT2D eigenvalue weighted by Gasteiger charge is -2.11. The van der Waals surface area contributed by atoms with Crippen LogP contribution in [0.25, 0.3) is 28.5 Å². The Morgan fingerprint density at radius 3 is 2.42 bits per heavy atom. The number of halogens is 4. The van der Waals surface area contributed by atoms with E-state index in [1.165, 1.54) is 24.3 Å². The van der Waals surface area contributed by atoms with Crippen LogP contribution >= 0.6 is 0 Å². The number of nitrogens with zero attached hydrogens (tertiary/aromatic N) is 1. The van der Waals surface area contributed by atoms with E-state index in [1.54, 1.807) is 24.3 Å². The lowest BCUT2D eigenvalue weighted by molar-refractivity contribution is -0.139. The summed E-state index contributed by atoms with van der Waals surface area (Å²) < 4.78 is 52.5. The molecule has 5 aromatic rings. The van der Waals surface area contributed by atoms with Crippen LogP contribution in [0.2, 0.25) is 0 Å². The number of H-pyrrole nitrogens is 1. The maximum atomic E-state index is 13.5. The number of para-hydroxylation sites is 3. The molecule has 0 unspecified atom stereocenters. The predicted octanol–water partition coefficient (Wildman–Crippen LogP) is 7.29. The number of rotatable bonds is 6. The molecule has 0 saturated heterocycles. The van der Waals surface area contributed by atoms with Crippen molar-refractivity contribution in [1.29, 1.82) is 0 Å². The molecular formula is C30H20F4N4O2. The van der Waals surface area contributed by atoms with Crippen LogP contribution in [0, 0.1) is 5.82 Å². The predicted molar refractivity (Wildman–Crippen MR) is 145 cm³/mol. The molecule has 0 atom stereocenters. The standard InChI is InChI=1S/C30H20F4N4O2/c31-23-14-13-20(17-22(23)30(32,33)34)35-29(40)19-7-5-6-18(16-19)12-15-27(39)36-24-9-2-1-8-21(24)28-37-25-10-3-4-11-26(25)38-28/h1-17H,(H,35,40)(H,36,39)(H,37,38). The van der Waals surface area contributed by atoms with Crippen molar-refractivity contribution in [3.63, 3.8) is 0 Å². The van der Waals surface area contributed by atoms with Gasteiger partial charge in [0.05, 0.1) is 22.3 Å². The molecule has 200 valence electrons. The Kier molecular flexibility index (Phi) is 7.15. The number of aromatic nitrogens is 2. The first-order valence-electron chi connectivity index (χ1n) is 12.0. The summed E-state index contributed by atoms with van der Waals surface area (Å²) in [6.45, 7) is 0. The first kappa shape index (κ1) is 26.4. The van der Waals surface area contributed by atoms with Gasteiger partial charge in [-0.1, -0.05) is 36.4 Å². The number of hydrogen-bond acceptors (Lipinski definition) is 3. The molecule has 3 N–H and O–H groups in total. The van der Waals surface area contributed by atoms with E-state index < -0.39 is 29.4 Å². The van der Waals surface area contributed by atoms with Gasteiger partial charge in [-0.05, 0) is 66.2 Å². The number of nitrogens with one attached hydrogen (secondary N) is 3. The van der Waals surface area contributed by atoms with E-state index in [0.29, 0.717) is 34.8 Å². The second-order valence-corrected chi connectivity index (χ2v) is 8.74. The third kappa shape index (κ3) is 5.91. The molecule has 0 radical (unpaired) electrons. The molecule has 0 fully saturated rings. The van der Waals surface area contributed by atoms with Crippen molar-refractivity contribution in [2.45, 2.75) is 6.18 Å². The number of fused-ring (bicyclic) bond motifs is 1. The zero-order valence-corrected chi connectivity index (χ0v) is 20.6. The lowest BCUT2D eigenvalue weighted by atomic mass is 10.1. The quantitative estimate of drug-likeness (QED) is 0.155. The molecule has 0 spiro atoms. The smallest absolute Gasteiger partial charge is 0.338 e. The Morgan fingerprint density at radius 2 is 1.62 bits per heavy atom. The highest BCUT2D eigenvalue weighted by Crippen LogP contribution is 2.33. The largest absolute Gasteiger partial charge is 0.419 e. The number of aromatic amines is 1. The van der Waals surface area contributed by atoms with Crippen LogP contribution in [-0.2, 0) is 11.0 Å². The van der Waals surface area contributed by atoms with Crippen LogP contribution in [0.1, 0.15) is 21.5 Å². The zero-order chi connectivity index (χ0) is 28.3. The van der Waals surface area contributed by atoms with E-state index in [9.17, 15) is 27.2 Å². The number of alkyl halides is 3. The van der Waals surface area contributed by atoms with Crippen LogP contribution in [0.5, 0.6) is 0 Å². The molecule has 2 amide bonds. The van der Waals surface area contributed by atoms with Gasteiger partial charge in [-0.3, -0.25) is 9.59 Å². The number of benzene rings is 4. The Bertz CT molecular complexity index is 1730. The summed E-state index contributed by atoms with van der Waals surface area (Å²) in [6, 6.07) is 23.1. The molecule has 0 saturated carbocycles. The fraction of sp³-hybridized carbons (Fsp3) is 0.0333. The van der Waals surface area contributed by atoms with E-state index in [1.807, 2.05) is 36.4 Å². The summed E-state index contributed by atoms with van der Waals surface area (Å²) >= 11 is 0. The Hall–Kier alpha value is -5.25. The highest BCUT2D eigenvalue weighted by Gasteiger charge is 2.34. The van der Waals surface area contributed by atoms with E-state index in [4.69, 9.17) is 0 Å². The van der Waals surface area contributed by atoms with Crippen LogP contribution in [0.15, 0.2) is 97.1 Å². The van der Waals surface area contributed by atoms with Crippen LogP contribution < -0.4 is 10.6 Å². The van der Waals surface area contributed by atoms with Crippen molar-refractivity contribution in [1.82, 2.24) is 9.97 Å². The van der Waals surface area contributed by atoms with E-state index in [0.717, 1.165) is 17.1 Å². The fourth-order valence-electron chi connectivity index (χ4n) is 4.03. The van der Waals surface area contributed by atoms with Crippen molar-refractivity contribution in [2.75, 3.05) is 10.6 Å². The molecule has 10 heteroatoms. The number of amides is 2. The number of imidazole rings is 1. The van der Waals surface area contributed by atoms with Crippen molar-refractivity contribution < 1.29 is 27.2 Å². The van der Waals surface area contributed by atoms with Gasteiger partial charge in [0.1, 0.15) is 11.6 Å². The summed E-state index contributed by atoms with van der Waals surface area (Å²) in [5.41, 5.74) is 1.86. The van der Waals surface area contributed by atoms with E-state index in [-0.39, 0.29) is 11.3 Å². The zero-order valence-electron chi connectivity index (χ0n) is 20.6. The van der Waals surface area contributed by atoms with E-state index in [2.05, 4.69) is 20.6 Å². The monoisotopic (exact) mass is 544 g/mol. The normalized spacial score (nSPS) is 11.6. The van der Waals surface area contributed by atoms with Gasteiger partial charge in [0.15, 0.2) is 0 Å². The van der Waals surface area contributed by atoms with Crippen molar-refractivity contribution in [3.8, 4) is 11.4 Å². The first-order chi connectivity index (χ1) is 19.2. The second kappa shape index (κ2) is 10.9. The van der Waals surface area contributed by atoms with Gasteiger partial charge < -0.3 is 15.6 Å². The minimum Gasteiger partial charge on any atom is -0.338 e. The Balaban J connectivity index is 1.28. The van der Waals surface area contributed by atoms with E-state index >= 15 is 0 Å². The van der Waals surface area contributed by atoms with Gasteiger partial charge in [-0.2, -0.15) is 13.2 Å². The third-order valence-electron chi connectivity index (χ3n) is 5.94. The van der Waals surface area contributed by atoms with Crippen molar-refractivity contribution in [3.05, 3.63) is 120 Å². The fourth-order valence-corrected chi connectivity index (χ4v) is 4.03. The molecule has 4 aromatic carbocycles. The molecule has 6 nitrogen and oxygen atoms in total. The van der Waals surface area contributed by atoms with Gasteiger partial charge in [0.25, 0.3) is 5.91 Å². The van der Waals surface area contributed by atoms with Gasteiger partial charge in [0.2, 0.25) is 5.91 Å². The summed E-state index contributed by atoms with van der Waals surface area (Å²) in [4.78, 5) is 33.2. The van der Waals surface area contributed by atoms with Gasteiger partial charge in [-0.25, -0.2) is 9.37 Å². The number of carbonyl (C=O) groups excluding carboxylic acids is 2. The van der Waals surface area contributed by atoms with Gasteiger partial charge >= 0.3 is 6.18 Å².